The summed E-state index contributed by atoms with van der Waals surface area (Å²) in [5.41, 5.74) is 2.39. The second-order valence-electron chi connectivity index (χ2n) is 3.54. The molecule has 2 rings (SSSR count). The number of nitrogens with zero attached hydrogens (tertiary/aromatic N) is 2. The zero-order chi connectivity index (χ0) is 10.1. The minimum absolute atomic E-state index is 0.103. The van der Waals surface area contributed by atoms with E-state index in [0.717, 1.165) is 5.52 Å². The number of aromatic nitrogens is 1. The van der Waals surface area contributed by atoms with Crippen LogP contribution in [0.4, 0.5) is 0 Å². The van der Waals surface area contributed by atoms with Crippen molar-refractivity contribution in [1.29, 1.82) is 5.26 Å². The van der Waals surface area contributed by atoms with Gasteiger partial charge in [-0.1, -0.05) is 12.1 Å². The van der Waals surface area contributed by atoms with E-state index >= 15 is 0 Å². The molecule has 1 aromatic heterocycles. The Labute approximate surface area is 83.4 Å². The highest BCUT2D eigenvalue weighted by Crippen LogP contribution is 2.22. The molecule has 2 aromatic rings. The number of hydrogen-bond acceptors (Lipinski definition) is 1. The lowest BCUT2D eigenvalue weighted by Gasteiger charge is -2.06. The van der Waals surface area contributed by atoms with Gasteiger partial charge in [-0.15, -0.1) is 0 Å². The van der Waals surface area contributed by atoms with Crippen LogP contribution in [0.1, 0.15) is 18.5 Å². The van der Waals surface area contributed by atoms with E-state index < -0.39 is 0 Å². The Bertz CT molecular complexity index is 503. The minimum atomic E-state index is -0.103. The van der Waals surface area contributed by atoms with Gasteiger partial charge in [0.05, 0.1) is 6.07 Å². The molecule has 1 atom stereocenters. The molecule has 1 heterocycles. The molecule has 0 saturated heterocycles. The number of benzene rings is 1. The van der Waals surface area contributed by atoms with Crippen LogP contribution in [0.2, 0.25) is 0 Å². The molecule has 0 aliphatic carbocycles. The van der Waals surface area contributed by atoms with Gasteiger partial charge in [0.25, 0.3) is 0 Å². The summed E-state index contributed by atoms with van der Waals surface area (Å²) in [6.07, 6.45) is 1.98. The summed E-state index contributed by atoms with van der Waals surface area (Å²) in [6.45, 7) is 3.99. The zero-order valence-corrected chi connectivity index (χ0v) is 8.36. The van der Waals surface area contributed by atoms with Crippen molar-refractivity contribution in [3.63, 3.8) is 0 Å². The lowest BCUT2D eigenvalue weighted by Crippen LogP contribution is -1.99. The summed E-state index contributed by atoms with van der Waals surface area (Å²) in [6, 6.07) is 10.4. The van der Waals surface area contributed by atoms with E-state index in [1.807, 2.05) is 23.8 Å². The van der Waals surface area contributed by atoms with Gasteiger partial charge < -0.3 is 4.57 Å². The highest BCUT2D eigenvalue weighted by Gasteiger charge is 2.07. The molecule has 0 bridgehead atoms. The normalized spacial score (nSPS) is 12.6. The number of rotatable bonds is 1. The van der Waals surface area contributed by atoms with Crippen LogP contribution in [-0.4, -0.2) is 4.57 Å². The van der Waals surface area contributed by atoms with Crippen LogP contribution in [0.3, 0.4) is 0 Å². The smallest absolute Gasteiger partial charge is 0.118 e. The van der Waals surface area contributed by atoms with E-state index in [9.17, 15) is 0 Å². The molecule has 0 N–H and O–H groups in total. The first kappa shape index (κ1) is 8.83. The molecule has 1 unspecified atom stereocenters. The van der Waals surface area contributed by atoms with Gasteiger partial charge >= 0.3 is 0 Å². The molecule has 0 aliphatic heterocycles. The largest absolute Gasteiger partial charge is 0.331 e. The summed E-state index contributed by atoms with van der Waals surface area (Å²) in [5, 5.41) is 10.1. The van der Waals surface area contributed by atoms with Gasteiger partial charge in [0.15, 0.2) is 0 Å². The van der Waals surface area contributed by atoms with Crippen LogP contribution in [0, 0.1) is 18.3 Å². The van der Waals surface area contributed by atoms with Crippen molar-refractivity contribution < 1.29 is 0 Å². The van der Waals surface area contributed by atoms with Crippen LogP contribution >= 0.6 is 0 Å². The highest BCUT2D eigenvalue weighted by atomic mass is 15.0. The van der Waals surface area contributed by atoms with Gasteiger partial charge in [0.2, 0.25) is 0 Å². The molecule has 0 fully saturated rings. The lowest BCUT2D eigenvalue weighted by molar-refractivity contribution is 0.701. The van der Waals surface area contributed by atoms with E-state index in [2.05, 4.69) is 31.2 Å². The SMILES string of the molecule is Cc1cccc2c1ccn2C(C)C#N. The van der Waals surface area contributed by atoms with Crippen LogP contribution in [0.5, 0.6) is 0 Å². The van der Waals surface area contributed by atoms with Gasteiger partial charge in [0.1, 0.15) is 6.04 Å². The molecule has 2 heteroatoms. The van der Waals surface area contributed by atoms with Crippen molar-refractivity contribution >= 4 is 10.9 Å². The maximum atomic E-state index is 8.86. The number of aryl methyl sites for hydroxylation is 1. The fraction of sp³-hybridized carbons (Fsp3) is 0.250. The number of hydrogen-bond donors (Lipinski definition) is 0. The Balaban J connectivity index is 2.71. The maximum Gasteiger partial charge on any atom is 0.118 e. The van der Waals surface area contributed by atoms with E-state index in [0.29, 0.717) is 0 Å². The van der Waals surface area contributed by atoms with Crippen molar-refractivity contribution in [2.24, 2.45) is 0 Å². The summed E-state index contributed by atoms with van der Waals surface area (Å²) in [4.78, 5) is 0. The second-order valence-corrected chi connectivity index (χ2v) is 3.54. The van der Waals surface area contributed by atoms with Crippen molar-refractivity contribution in [1.82, 2.24) is 4.57 Å². The second kappa shape index (κ2) is 3.19. The molecule has 0 radical (unpaired) electrons. The van der Waals surface area contributed by atoms with Gasteiger partial charge in [-0.05, 0) is 31.5 Å². The van der Waals surface area contributed by atoms with Gasteiger partial charge in [-0.25, -0.2) is 0 Å². The average Bonchev–Trinajstić information content (AvgIpc) is 2.62. The molecule has 2 nitrogen and oxygen atoms in total. The summed E-state index contributed by atoms with van der Waals surface area (Å²) in [7, 11) is 0. The van der Waals surface area contributed by atoms with E-state index in [4.69, 9.17) is 5.26 Å². The summed E-state index contributed by atoms with van der Waals surface area (Å²) in [5.74, 6) is 0. The topological polar surface area (TPSA) is 28.7 Å². The Kier molecular flexibility index (Phi) is 2.01. The monoisotopic (exact) mass is 184 g/mol. The molecular weight excluding hydrogens is 172 g/mol. The molecule has 0 aliphatic rings. The third-order valence-electron chi connectivity index (χ3n) is 2.59. The fourth-order valence-corrected chi connectivity index (χ4v) is 1.74. The number of nitriles is 1. The summed E-state index contributed by atoms with van der Waals surface area (Å²) >= 11 is 0. The maximum absolute atomic E-state index is 8.86. The molecule has 14 heavy (non-hydrogen) atoms. The Morgan fingerprint density at radius 3 is 2.86 bits per heavy atom. The third kappa shape index (κ3) is 1.18. The molecule has 0 saturated carbocycles. The Morgan fingerprint density at radius 2 is 2.14 bits per heavy atom. The van der Waals surface area contributed by atoms with Crippen molar-refractivity contribution in [3.8, 4) is 6.07 Å². The Morgan fingerprint density at radius 1 is 1.36 bits per heavy atom. The quantitative estimate of drug-likeness (QED) is 0.669. The van der Waals surface area contributed by atoms with Crippen LogP contribution in [0.15, 0.2) is 30.5 Å². The predicted octanol–water partition coefficient (Wildman–Crippen LogP) is 3.03. The van der Waals surface area contributed by atoms with Gasteiger partial charge in [-0.3, -0.25) is 0 Å². The van der Waals surface area contributed by atoms with E-state index in [1.54, 1.807) is 0 Å². The molecule has 0 spiro atoms. The average molecular weight is 184 g/mol. The van der Waals surface area contributed by atoms with Crippen molar-refractivity contribution in [2.75, 3.05) is 0 Å². The predicted molar refractivity (Wildman–Crippen MR) is 57.0 cm³/mol. The van der Waals surface area contributed by atoms with Crippen molar-refractivity contribution in [2.45, 2.75) is 19.9 Å². The van der Waals surface area contributed by atoms with Crippen LogP contribution in [0.25, 0.3) is 10.9 Å². The first-order chi connectivity index (χ1) is 6.74. The molecule has 1 aromatic carbocycles. The molecule has 0 amide bonds. The molecular formula is C12H12N2. The summed E-state index contributed by atoms with van der Waals surface area (Å²) < 4.78 is 2.00. The zero-order valence-electron chi connectivity index (χ0n) is 8.36. The minimum Gasteiger partial charge on any atom is -0.331 e. The third-order valence-corrected chi connectivity index (χ3v) is 2.59. The number of fused-ring (bicyclic) bond motifs is 1. The first-order valence-corrected chi connectivity index (χ1v) is 4.70. The lowest BCUT2D eigenvalue weighted by atomic mass is 10.1. The van der Waals surface area contributed by atoms with Crippen LogP contribution < -0.4 is 0 Å². The first-order valence-electron chi connectivity index (χ1n) is 4.70. The van der Waals surface area contributed by atoms with Crippen LogP contribution in [-0.2, 0) is 0 Å². The van der Waals surface area contributed by atoms with E-state index in [1.165, 1.54) is 10.9 Å². The Hall–Kier alpha value is -1.75. The van der Waals surface area contributed by atoms with Gasteiger partial charge in [-0.2, -0.15) is 5.26 Å². The van der Waals surface area contributed by atoms with Gasteiger partial charge in [0, 0.05) is 17.1 Å². The fourth-order valence-electron chi connectivity index (χ4n) is 1.74. The molecule has 70 valence electrons. The highest BCUT2D eigenvalue weighted by molar-refractivity contribution is 5.83. The standard InChI is InChI=1S/C12H12N2/c1-9-4-3-5-12-11(9)6-7-14(12)10(2)8-13/h3-7,10H,1-2H3. The van der Waals surface area contributed by atoms with Crippen molar-refractivity contribution in [3.05, 3.63) is 36.0 Å². The van der Waals surface area contributed by atoms with E-state index in [-0.39, 0.29) is 6.04 Å².